The maximum absolute atomic E-state index is 11.5. The van der Waals surface area contributed by atoms with Gasteiger partial charge in [0.2, 0.25) is 5.91 Å². The lowest BCUT2D eigenvalue weighted by Gasteiger charge is -2.06. The molecule has 0 aliphatic carbocycles. The van der Waals surface area contributed by atoms with Gasteiger partial charge in [0, 0.05) is 6.54 Å². The van der Waals surface area contributed by atoms with E-state index >= 15 is 0 Å². The van der Waals surface area contributed by atoms with Gasteiger partial charge in [-0.3, -0.25) is 4.79 Å². The summed E-state index contributed by atoms with van der Waals surface area (Å²) in [6, 6.07) is 6.17. The van der Waals surface area contributed by atoms with Gasteiger partial charge in [-0.2, -0.15) is 0 Å². The molecule has 0 aliphatic heterocycles. The molecule has 0 fully saturated rings. The van der Waals surface area contributed by atoms with Crippen LogP contribution in [0.15, 0.2) is 18.2 Å². The molecular formula is C15H25NO. The van der Waals surface area contributed by atoms with Gasteiger partial charge in [0.05, 0.1) is 6.42 Å². The number of amides is 1. The molecule has 17 heavy (non-hydrogen) atoms. The van der Waals surface area contributed by atoms with Gasteiger partial charge in [-0.25, -0.2) is 0 Å². The van der Waals surface area contributed by atoms with Crippen LogP contribution in [0.2, 0.25) is 0 Å². The molecule has 0 saturated carbocycles. The molecule has 0 unspecified atom stereocenters. The number of nitrogens with one attached hydrogen (secondary N) is 1. The largest absolute Gasteiger partial charge is 0.356 e. The molecule has 0 spiro atoms. The molecule has 1 aromatic carbocycles. The van der Waals surface area contributed by atoms with Gasteiger partial charge >= 0.3 is 0 Å². The van der Waals surface area contributed by atoms with Crippen molar-refractivity contribution in [3.8, 4) is 0 Å². The van der Waals surface area contributed by atoms with Crippen LogP contribution >= 0.6 is 0 Å². The molecule has 0 saturated heterocycles. The summed E-state index contributed by atoms with van der Waals surface area (Å²) in [6.07, 6.45) is 1.47. The third kappa shape index (κ3) is 6.10. The fraction of sp³-hybridized carbons (Fsp3) is 0.533. The molecule has 0 bridgehead atoms. The smallest absolute Gasteiger partial charge is 0.224 e. The number of carbonyl (C=O) groups is 1. The van der Waals surface area contributed by atoms with Gasteiger partial charge in [0.1, 0.15) is 0 Å². The molecule has 1 N–H and O–H groups in total. The fourth-order valence-electron chi connectivity index (χ4n) is 1.43. The standard InChI is InChI=1S/C13H19NO.C2H6/c1-4-7-14-13(15)9-12-6-5-10(2)11(3)8-12;1-2/h5-6,8H,4,7,9H2,1-3H3,(H,14,15);1-2H3. The predicted octanol–water partition coefficient (Wildman–Crippen LogP) is 3.40. The third-order valence-electron chi connectivity index (χ3n) is 2.51. The Kier molecular flexibility index (Phi) is 8.12. The summed E-state index contributed by atoms with van der Waals surface area (Å²) in [6.45, 7) is 11.0. The molecular weight excluding hydrogens is 210 g/mol. The summed E-state index contributed by atoms with van der Waals surface area (Å²) in [4.78, 5) is 11.5. The molecule has 1 rings (SSSR count). The Morgan fingerprint density at radius 3 is 2.35 bits per heavy atom. The fourth-order valence-corrected chi connectivity index (χ4v) is 1.43. The second-order valence-electron chi connectivity index (χ2n) is 3.95. The molecule has 0 aromatic heterocycles. The van der Waals surface area contributed by atoms with Gasteiger partial charge in [0.15, 0.2) is 0 Å². The van der Waals surface area contributed by atoms with Gasteiger partial charge in [-0.05, 0) is 37.0 Å². The van der Waals surface area contributed by atoms with E-state index in [1.807, 2.05) is 19.9 Å². The van der Waals surface area contributed by atoms with Gasteiger partial charge in [-0.15, -0.1) is 0 Å². The summed E-state index contributed by atoms with van der Waals surface area (Å²) in [5.74, 6) is 0.111. The van der Waals surface area contributed by atoms with Crippen LogP contribution in [-0.2, 0) is 11.2 Å². The van der Waals surface area contributed by atoms with E-state index < -0.39 is 0 Å². The number of benzene rings is 1. The monoisotopic (exact) mass is 235 g/mol. The first-order chi connectivity index (χ1) is 8.13. The number of rotatable bonds is 4. The highest BCUT2D eigenvalue weighted by Crippen LogP contribution is 2.10. The van der Waals surface area contributed by atoms with Crippen molar-refractivity contribution < 1.29 is 4.79 Å². The van der Waals surface area contributed by atoms with E-state index in [1.54, 1.807) is 0 Å². The van der Waals surface area contributed by atoms with Crippen molar-refractivity contribution in [3.05, 3.63) is 34.9 Å². The van der Waals surface area contributed by atoms with Crippen molar-refractivity contribution in [2.24, 2.45) is 0 Å². The Balaban J connectivity index is 0.00000121. The lowest BCUT2D eigenvalue weighted by atomic mass is 10.0. The van der Waals surface area contributed by atoms with Crippen LogP contribution in [0, 0.1) is 13.8 Å². The molecule has 0 heterocycles. The summed E-state index contributed by atoms with van der Waals surface area (Å²) < 4.78 is 0. The SMILES string of the molecule is CC.CCCNC(=O)Cc1ccc(C)c(C)c1. The van der Waals surface area contributed by atoms with Crippen LogP contribution in [0.25, 0.3) is 0 Å². The van der Waals surface area contributed by atoms with Crippen molar-refractivity contribution in [1.29, 1.82) is 0 Å². The third-order valence-corrected chi connectivity index (χ3v) is 2.51. The minimum atomic E-state index is 0.111. The zero-order valence-corrected chi connectivity index (χ0v) is 11.8. The van der Waals surface area contributed by atoms with Crippen molar-refractivity contribution in [2.45, 2.75) is 47.5 Å². The zero-order chi connectivity index (χ0) is 13.3. The highest BCUT2D eigenvalue weighted by Gasteiger charge is 2.03. The summed E-state index contributed by atoms with van der Waals surface area (Å²) in [5, 5.41) is 2.88. The highest BCUT2D eigenvalue weighted by molar-refractivity contribution is 5.78. The topological polar surface area (TPSA) is 29.1 Å². The molecule has 2 nitrogen and oxygen atoms in total. The highest BCUT2D eigenvalue weighted by atomic mass is 16.1. The molecule has 0 atom stereocenters. The van der Waals surface area contributed by atoms with Gasteiger partial charge in [-0.1, -0.05) is 39.0 Å². The molecule has 2 heteroatoms. The van der Waals surface area contributed by atoms with Crippen LogP contribution in [0.3, 0.4) is 0 Å². The molecule has 96 valence electrons. The van der Waals surface area contributed by atoms with E-state index in [1.165, 1.54) is 11.1 Å². The minimum Gasteiger partial charge on any atom is -0.356 e. The summed E-state index contributed by atoms with van der Waals surface area (Å²) in [5.41, 5.74) is 3.61. The average molecular weight is 235 g/mol. The van der Waals surface area contributed by atoms with Crippen LogP contribution in [0.4, 0.5) is 0 Å². The maximum Gasteiger partial charge on any atom is 0.224 e. The van der Waals surface area contributed by atoms with Crippen molar-refractivity contribution in [3.63, 3.8) is 0 Å². The van der Waals surface area contributed by atoms with Crippen molar-refractivity contribution >= 4 is 5.91 Å². The number of aryl methyl sites for hydroxylation is 2. The first-order valence-electron chi connectivity index (χ1n) is 6.46. The second kappa shape index (κ2) is 8.80. The molecule has 1 amide bonds. The first kappa shape index (κ1) is 15.7. The molecule has 1 aromatic rings. The van der Waals surface area contributed by atoms with Crippen molar-refractivity contribution in [2.75, 3.05) is 6.54 Å². The Morgan fingerprint density at radius 2 is 1.82 bits per heavy atom. The first-order valence-corrected chi connectivity index (χ1v) is 6.46. The average Bonchev–Trinajstić information content (AvgIpc) is 2.34. The summed E-state index contributed by atoms with van der Waals surface area (Å²) in [7, 11) is 0. The van der Waals surface area contributed by atoms with Crippen LogP contribution in [0.1, 0.15) is 43.9 Å². The van der Waals surface area contributed by atoms with Crippen LogP contribution < -0.4 is 5.32 Å². The van der Waals surface area contributed by atoms with E-state index in [0.29, 0.717) is 6.42 Å². The summed E-state index contributed by atoms with van der Waals surface area (Å²) >= 11 is 0. The maximum atomic E-state index is 11.5. The van der Waals surface area contributed by atoms with E-state index in [2.05, 4.69) is 38.2 Å². The van der Waals surface area contributed by atoms with E-state index in [4.69, 9.17) is 0 Å². The predicted molar refractivity (Wildman–Crippen MR) is 74.3 cm³/mol. The normalized spacial score (nSPS) is 9.24. The van der Waals surface area contributed by atoms with Crippen LogP contribution in [-0.4, -0.2) is 12.5 Å². The van der Waals surface area contributed by atoms with Gasteiger partial charge in [0.25, 0.3) is 0 Å². The minimum absolute atomic E-state index is 0.111. The number of hydrogen-bond donors (Lipinski definition) is 1. The number of carbonyl (C=O) groups excluding carboxylic acids is 1. The lowest BCUT2D eigenvalue weighted by Crippen LogP contribution is -2.25. The second-order valence-corrected chi connectivity index (χ2v) is 3.95. The van der Waals surface area contributed by atoms with Crippen LogP contribution in [0.5, 0.6) is 0 Å². The molecule has 0 radical (unpaired) electrons. The van der Waals surface area contributed by atoms with Crippen molar-refractivity contribution in [1.82, 2.24) is 5.32 Å². The van der Waals surface area contributed by atoms with E-state index in [0.717, 1.165) is 18.5 Å². The molecule has 0 aliphatic rings. The van der Waals surface area contributed by atoms with E-state index in [9.17, 15) is 4.79 Å². The Bertz CT molecular complexity index is 345. The quantitative estimate of drug-likeness (QED) is 0.851. The lowest BCUT2D eigenvalue weighted by molar-refractivity contribution is -0.120. The zero-order valence-electron chi connectivity index (χ0n) is 11.8. The number of hydrogen-bond acceptors (Lipinski definition) is 1. The van der Waals surface area contributed by atoms with Gasteiger partial charge < -0.3 is 5.32 Å². The Labute approximate surface area is 105 Å². The van der Waals surface area contributed by atoms with E-state index in [-0.39, 0.29) is 5.91 Å². The Hall–Kier alpha value is -1.31. The Morgan fingerprint density at radius 1 is 1.18 bits per heavy atom.